The van der Waals surface area contributed by atoms with Crippen LogP contribution in [-0.4, -0.2) is 21.1 Å². The highest BCUT2D eigenvalue weighted by Gasteiger charge is 2.17. The van der Waals surface area contributed by atoms with Crippen molar-refractivity contribution in [1.82, 2.24) is 14.8 Å². The summed E-state index contributed by atoms with van der Waals surface area (Å²) >= 11 is 4.72. The van der Waals surface area contributed by atoms with Crippen LogP contribution in [0, 0.1) is 0 Å². The van der Waals surface area contributed by atoms with Gasteiger partial charge in [-0.15, -0.1) is 10.2 Å². The third kappa shape index (κ3) is 2.86. The first-order valence-electron chi connectivity index (χ1n) is 6.64. The SMILES string of the molecule is CCn1c(Sc2oc(C=O)cc2Br)nnc1-c1ccccc1. The van der Waals surface area contributed by atoms with Gasteiger partial charge in [-0.2, -0.15) is 0 Å². The monoisotopic (exact) mass is 377 g/mol. The molecule has 0 N–H and O–H groups in total. The molecule has 0 unspecified atom stereocenters. The molecule has 22 heavy (non-hydrogen) atoms. The molecule has 112 valence electrons. The van der Waals surface area contributed by atoms with Crippen molar-refractivity contribution in [2.75, 3.05) is 0 Å². The van der Waals surface area contributed by atoms with E-state index in [2.05, 4.69) is 26.1 Å². The van der Waals surface area contributed by atoms with E-state index in [1.807, 2.05) is 41.8 Å². The molecule has 7 heteroatoms. The van der Waals surface area contributed by atoms with Crippen molar-refractivity contribution in [1.29, 1.82) is 0 Å². The number of carbonyl (C=O) groups is 1. The second-order valence-electron chi connectivity index (χ2n) is 4.42. The van der Waals surface area contributed by atoms with Crippen molar-refractivity contribution in [2.24, 2.45) is 0 Å². The van der Waals surface area contributed by atoms with E-state index in [9.17, 15) is 4.79 Å². The molecule has 5 nitrogen and oxygen atoms in total. The maximum atomic E-state index is 10.8. The predicted molar refractivity (Wildman–Crippen MR) is 87.1 cm³/mol. The Kier molecular flexibility index (Phi) is 4.44. The van der Waals surface area contributed by atoms with Crippen molar-refractivity contribution in [3.8, 4) is 11.4 Å². The van der Waals surface area contributed by atoms with E-state index in [1.165, 1.54) is 11.8 Å². The lowest BCUT2D eigenvalue weighted by atomic mass is 10.2. The van der Waals surface area contributed by atoms with Crippen molar-refractivity contribution in [3.05, 3.63) is 46.6 Å². The molecule has 0 amide bonds. The largest absolute Gasteiger partial charge is 0.445 e. The van der Waals surface area contributed by atoms with Gasteiger partial charge in [-0.25, -0.2) is 0 Å². The van der Waals surface area contributed by atoms with E-state index in [1.54, 1.807) is 6.07 Å². The number of carbonyl (C=O) groups excluding carboxylic acids is 1. The van der Waals surface area contributed by atoms with Crippen LogP contribution < -0.4 is 0 Å². The summed E-state index contributed by atoms with van der Waals surface area (Å²) in [5.74, 6) is 1.09. The molecular weight excluding hydrogens is 366 g/mol. The first-order valence-corrected chi connectivity index (χ1v) is 8.25. The van der Waals surface area contributed by atoms with Crippen molar-refractivity contribution in [2.45, 2.75) is 23.7 Å². The highest BCUT2D eigenvalue weighted by molar-refractivity contribution is 9.10. The zero-order chi connectivity index (χ0) is 15.5. The minimum Gasteiger partial charge on any atom is -0.445 e. The second-order valence-corrected chi connectivity index (χ2v) is 6.21. The number of furan rings is 1. The van der Waals surface area contributed by atoms with E-state index in [0.717, 1.165) is 22.4 Å². The van der Waals surface area contributed by atoms with Crippen LogP contribution in [0.2, 0.25) is 0 Å². The summed E-state index contributed by atoms with van der Waals surface area (Å²) in [7, 11) is 0. The Morgan fingerprint density at radius 1 is 1.32 bits per heavy atom. The van der Waals surface area contributed by atoms with E-state index >= 15 is 0 Å². The summed E-state index contributed by atoms with van der Waals surface area (Å²) in [4.78, 5) is 10.8. The maximum absolute atomic E-state index is 10.8. The van der Waals surface area contributed by atoms with Crippen LogP contribution in [0.4, 0.5) is 0 Å². The molecule has 1 aromatic carbocycles. The van der Waals surface area contributed by atoms with Gasteiger partial charge in [0.05, 0.1) is 4.47 Å². The lowest BCUT2D eigenvalue weighted by Gasteiger charge is -2.06. The molecule has 3 aromatic rings. The Balaban J connectivity index is 1.96. The average Bonchev–Trinajstić information content (AvgIpc) is 3.12. The number of rotatable bonds is 5. The molecule has 0 aliphatic carbocycles. The third-order valence-corrected chi connectivity index (χ3v) is 4.86. The molecule has 0 spiro atoms. The van der Waals surface area contributed by atoms with E-state index in [4.69, 9.17) is 4.42 Å². The normalized spacial score (nSPS) is 10.8. The van der Waals surface area contributed by atoms with E-state index < -0.39 is 0 Å². The summed E-state index contributed by atoms with van der Waals surface area (Å²) in [6.45, 7) is 2.77. The molecular formula is C15H12BrN3O2S. The summed E-state index contributed by atoms with van der Waals surface area (Å²) in [6, 6.07) is 11.5. The van der Waals surface area contributed by atoms with Gasteiger partial charge in [-0.1, -0.05) is 30.3 Å². The predicted octanol–water partition coefficient (Wildman–Crippen LogP) is 4.28. The van der Waals surface area contributed by atoms with Gasteiger partial charge in [-0.05, 0) is 34.6 Å². The lowest BCUT2D eigenvalue weighted by Crippen LogP contribution is -1.99. The minimum absolute atomic E-state index is 0.278. The van der Waals surface area contributed by atoms with Crippen LogP contribution in [0.25, 0.3) is 11.4 Å². The number of hydrogen-bond donors (Lipinski definition) is 0. The fourth-order valence-corrected chi connectivity index (χ4v) is 3.45. The van der Waals surface area contributed by atoms with E-state index in [-0.39, 0.29) is 5.76 Å². The highest BCUT2D eigenvalue weighted by Crippen LogP contribution is 2.36. The van der Waals surface area contributed by atoms with Gasteiger partial charge in [0.25, 0.3) is 0 Å². The number of halogens is 1. The average molecular weight is 378 g/mol. The minimum atomic E-state index is 0.278. The van der Waals surface area contributed by atoms with Crippen LogP contribution in [0.5, 0.6) is 0 Å². The van der Waals surface area contributed by atoms with Crippen molar-refractivity contribution in [3.63, 3.8) is 0 Å². The molecule has 0 bridgehead atoms. The summed E-state index contributed by atoms with van der Waals surface area (Å²) in [6.07, 6.45) is 0.675. The Hall–Kier alpha value is -1.86. The Bertz CT molecular complexity index is 798. The van der Waals surface area contributed by atoms with Crippen molar-refractivity contribution >= 4 is 34.0 Å². The smallest absolute Gasteiger partial charge is 0.199 e. The molecule has 0 saturated carbocycles. The van der Waals surface area contributed by atoms with Crippen molar-refractivity contribution < 1.29 is 9.21 Å². The van der Waals surface area contributed by atoms with Gasteiger partial charge in [0, 0.05) is 18.2 Å². The van der Waals surface area contributed by atoms with Gasteiger partial charge in [0.15, 0.2) is 28.1 Å². The van der Waals surface area contributed by atoms with Crippen LogP contribution in [0.15, 0.2) is 55.5 Å². The zero-order valence-electron chi connectivity index (χ0n) is 11.7. The Morgan fingerprint density at radius 3 is 2.73 bits per heavy atom. The Morgan fingerprint density at radius 2 is 2.09 bits per heavy atom. The van der Waals surface area contributed by atoms with Gasteiger partial charge in [-0.3, -0.25) is 4.79 Å². The molecule has 2 heterocycles. The van der Waals surface area contributed by atoms with Gasteiger partial charge in [0.1, 0.15) is 0 Å². The molecule has 2 aromatic heterocycles. The number of hydrogen-bond acceptors (Lipinski definition) is 5. The second kappa shape index (κ2) is 6.50. The van der Waals surface area contributed by atoms with Crippen LogP contribution >= 0.6 is 27.7 Å². The molecule has 0 radical (unpaired) electrons. The fourth-order valence-electron chi connectivity index (χ4n) is 2.03. The first-order chi connectivity index (χ1) is 10.7. The molecule has 0 aliphatic rings. The number of nitrogens with zero attached hydrogens (tertiary/aromatic N) is 3. The highest BCUT2D eigenvalue weighted by atomic mass is 79.9. The molecule has 0 atom stereocenters. The van der Waals surface area contributed by atoms with Gasteiger partial charge >= 0.3 is 0 Å². The molecule has 0 aliphatic heterocycles. The summed E-state index contributed by atoms with van der Waals surface area (Å²) in [5.41, 5.74) is 1.01. The topological polar surface area (TPSA) is 60.9 Å². The molecule has 0 saturated heterocycles. The first kappa shape index (κ1) is 15.1. The van der Waals surface area contributed by atoms with Crippen LogP contribution in [0.1, 0.15) is 17.5 Å². The number of benzene rings is 1. The number of aromatic nitrogens is 3. The lowest BCUT2D eigenvalue weighted by molar-refractivity contribution is 0.109. The van der Waals surface area contributed by atoms with Gasteiger partial charge < -0.3 is 8.98 Å². The van der Waals surface area contributed by atoms with Gasteiger partial charge in [0.2, 0.25) is 0 Å². The molecule has 0 fully saturated rings. The maximum Gasteiger partial charge on any atom is 0.199 e. The van der Waals surface area contributed by atoms with E-state index in [0.29, 0.717) is 16.5 Å². The van der Waals surface area contributed by atoms with Crippen LogP contribution in [-0.2, 0) is 6.54 Å². The fraction of sp³-hybridized carbons (Fsp3) is 0.133. The third-order valence-electron chi connectivity index (χ3n) is 3.04. The number of aldehydes is 1. The summed E-state index contributed by atoms with van der Waals surface area (Å²) in [5, 5.41) is 9.82. The van der Waals surface area contributed by atoms with Crippen LogP contribution in [0.3, 0.4) is 0 Å². The Labute approximate surface area is 139 Å². The summed E-state index contributed by atoms with van der Waals surface area (Å²) < 4.78 is 8.19. The standard InChI is InChI=1S/C15H12BrN3O2S/c1-2-19-13(10-6-4-3-5-7-10)17-18-15(19)22-14-12(16)8-11(9-20)21-14/h3-9H,2H2,1H3. The molecule has 3 rings (SSSR count). The zero-order valence-corrected chi connectivity index (χ0v) is 14.1. The quantitative estimate of drug-likeness (QED) is 0.620.